The van der Waals surface area contributed by atoms with Gasteiger partial charge in [-0.15, -0.1) is 0 Å². The molecule has 2 aliphatic rings. The second-order valence-electron chi connectivity index (χ2n) is 7.49. The van der Waals surface area contributed by atoms with E-state index in [1.54, 1.807) is 0 Å². The maximum atomic E-state index is 13.1. The highest BCUT2D eigenvalue weighted by molar-refractivity contribution is 7.78. The molecule has 1 aromatic carbocycles. The van der Waals surface area contributed by atoms with Crippen LogP contribution in [0.25, 0.3) is 0 Å². The first-order valence-electron chi connectivity index (χ1n) is 8.59. The summed E-state index contributed by atoms with van der Waals surface area (Å²) in [5, 5.41) is 12.2. The average Bonchev–Trinajstić information content (AvgIpc) is 3.33. The minimum atomic E-state index is -1.16. The molecule has 0 aromatic heterocycles. The predicted molar refractivity (Wildman–Crippen MR) is 97.7 cm³/mol. The van der Waals surface area contributed by atoms with Crippen molar-refractivity contribution < 1.29 is 4.79 Å². The minimum absolute atomic E-state index is 0.0554. The number of carbonyl (C=O) groups excluding carboxylic acids is 1. The smallest absolute Gasteiger partial charge is 0.268 e. The minimum Gasteiger partial charge on any atom is -0.322 e. The fourth-order valence-corrected chi connectivity index (χ4v) is 8.88. The van der Waals surface area contributed by atoms with Crippen LogP contribution in [0.1, 0.15) is 48.8 Å². The molecule has 0 bridgehead atoms. The van der Waals surface area contributed by atoms with Gasteiger partial charge in [0.25, 0.3) is 5.91 Å². The molecular weight excluding hydrogens is 303 g/mol. The molecule has 0 spiro atoms. The van der Waals surface area contributed by atoms with E-state index in [2.05, 4.69) is 18.1 Å². The molecule has 3 nitrogen and oxygen atoms in total. The Morgan fingerprint density at radius 2 is 1.74 bits per heavy atom. The number of amides is 1. The number of nitrogens with zero attached hydrogens (tertiary/aromatic N) is 1. The third-order valence-electron chi connectivity index (χ3n) is 5.88. The molecule has 4 heteroatoms. The zero-order valence-electron chi connectivity index (χ0n) is 14.4. The number of carbonyl (C=O) groups is 1. The van der Waals surface area contributed by atoms with Crippen molar-refractivity contribution in [1.29, 1.82) is 5.26 Å². The molecule has 23 heavy (non-hydrogen) atoms. The number of aryl methyl sites for hydroxylation is 2. The van der Waals surface area contributed by atoms with Crippen LogP contribution in [0.2, 0.25) is 0 Å². The SMILES string of the molecule is Cc1cc(C#N)cc(C)c1NC(=O)C1([P+]2(C)CCCCC2)CC1. The highest BCUT2D eigenvalue weighted by Gasteiger charge is 2.68. The van der Waals surface area contributed by atoms with Crippen molar-refractivity contribution in [2.45, 2.75) is 51.1 Å². The molecule has 0 radical (unpaired) electrons. The number of benzene rings is 1. The van der Waals surface area contributed by atoms with Crippen LogP contribution in [0.15, 0.2) is 12.1 Å². The van der Waals surface area contributed by atoms with Crippen molar-refractivity contribution >= 4 is 18.9 Å². The second kappa shape index (κ2) is 5.91. The molecule has 1 aromatic rings. The second-order valence-corrected chi connectivity index (χ2v) is 12.0. The summed E-state index contributed by atoms with van der Waals surface area (Å²) in [6.45, 7) is 6.37. The molecule has 1 saturated carbocycles. The first kappa shape index (κ1) is 16.5. The van der Waals surface area contributed by atoms with Crippen molar-refractivity contribution in [3.05, 3.63) is 28.8 Å². The molecule has 1 amide bonds. The third kappa shape index (κ3) is 2.79. The van der Waals surface area contributed by atoms with Gasteiger partial charge in [-0.1, -0.05) is 0 Å². The molecule has 1 heterocycles. The molecule has 0 atom stereocenters. The maximum absolute atomic E-state index is 13.1. The van der Waals surface area contributed by atoms with Crippen LogP contribution in [0.3, 0.4) is 0 Å². The average molecular weight is 329 g/mol. The van der Waals surface area contributed by atoms with E-state index in [1.165, 1.54) is 31.6 Å². The lowest BCUT2D eigenvalue weighted by Gasteiger charge is -2.34. The molecule has 1 N–H and O–H groups in total. The lowest BCUT2D eigenvalue weighted by atomic mass is 10.0. The first-order chi connectivity index (χ1) is 10.9. The van der Waals surface area contributed by atoms with Crippen LogP contribution in [0, 0.1) is 25.2 Å². The van der Waals surface area contributed by atoms with Crippen molar-refractivity contribution in [3.63, 3.8) is 0 Å². The van der Waals surface area contributed by atoms with Gasteiger partial charge in [-0.3, -0.25) is 4.79 Å². The van der Waals surface area contributed by atoms with Crippen LogP contribution >= 0.6 is 7.26 Å². The zero-order chi connectivity index (χ0) is 16.7. The largest absolute Gasteiger partial charge is 0.322 e. The van der Waals surface area contributed by atoms with Gasteiger partial charge in [0.2, 0.25) is 0 Å². The summed E-state index contributed by atoms with van der Waals surface area (Å²) in [5.41, 5.74) is 3.53. The van der Waals surface area contributed by atoms with Crippen molar-refractivity contribution in [2.24, 2.45) is 0 Å². The molecule has 3 rings (SSSR count). The Balaban J connectivity index is 1.84. The van der Waals surface area contributed by atoms with Gasteiger partial charge in [0.1, 0.15) is 0 Å². The number of rotatable bonds is 3. The van der Waals surface area contributed by atoms with Gasteiger partial charge < -0.3 is 5.32 Å². The highest BCUT2D eigenvalue weighted by atomic mass is 31.2. The predicted octanol–water partition coefficient (Wildman–Crippen LogP) is 4.48. The van der Waals surface area contributed by atoms with E-state index in [0.717, 1.165) is 29.7 Å². The molecule has 2 fully saturated rings. The van der Waals surface area contributed by atoms with Crippen LogP contribution in [0.5, 0.6) is 0 Å². The van der Waals surface area contributed by atoms with E-state index in [0.29, 0.717) is 5.56 Å². The quantitative estimate of drug-likeness (QED) is 0.831. The molecule has 1 aliphatic carbocycles. The summed E-state index contributed by atoms with van der Waals surface area (Å²) in [7, 11) is -1.16. The van der Waals surface area contributed by atoms with Gasteiger partial charge in [0.15, 0.2) is 5.16 Å². The lowest BCUT2D eigenvalue weighted by molar-refractivity contribution is -0.116. The van der Waals surface area contributed by atoms with Crippen molar-refractivity contribution in [1.82, 2.24) is 0 Å². The Morgan fingerprint density at radius 3 is 2.22 bits per heavy atom. The van der Waals surface area contributed by atoms with Gasteiger partial charge in [-0.2, -0.15) is 5.26 Å². The number of hydrogen-bond donors (Lipinski definition) is 1. The van der Waals surface area contributed by atoms with E-state index in [4.69, 9.17) is 5.26 Å². The zero-order valence-corrected chi connectivity index (χ0v) is 15.3. The van der Waals surface area contributed by atoms with Gasteiger partial charge in [-0.05, 0) is 56.4 Å². The van der Waals surface area contributed by atoms with E-state index in [-0.39, 0.29) is 11.1 Å². The summed E-state index contributed by atoms with van der Waals surface area (Å²) in [6.07, 6.45) is 8.63. The van der Waals surface area contributed by atoms with E-state index in [1.807, 2.05) is 26.0 Å². The summed E-state index contributed by atoms with van der Waals surface area (Å²) in [4.78, 5) is 13.1. The molecule has 1 saturated heterocycles. The molecular formula is C19H26N2OP+. The van der Waals surface area contributed by atoms with Gasteiger partial charge in [0.05, 0.1) is 24.0 Å². The van der Waals surface area contributed by atoms with Crippen LogP contribution in [-0.2, 0) is 4.79 Å². The molecule has 0 unspecified atom stereocenters. The van der Waals surface area contributed by atoms with Crippen LogP contribution in [0.4, 0.5) is 5.69 Å². The van der Waals surface area contributed by atoms with Gasteiger partial charge >= 0.3 is 0 Å². The third-order valence-corrected chi connectivity index (χ3v) is 11.2. The Morgan fingerprint density at radius 1 is 1.17 bits per heavy atom. The van der Waals surface area contributed by atoms with Gasteiger partial charge in [0, 0.05) is 32.5 Å². The molecule has 122 valence electrons. The summed E-state index contributed by atoms with van der Waals surface area (Å²) >= 11 is 0. The first-order valence-corrected chi connectivity index (χ1v) is 11.2. The highest BCUT2D eigenvalue weighted by Crippen LogP contribution is 2.77. The number of nitrogens with one attached hydrogen (secondary N) is 1. The van der Waals surface area contributed by atoms with Gasteiger partial charge in [-0.25, -0.2) is 0 Å². The van der Waals surface area contributed by atoms with Crippen molar-refractivity contribution in [2.75, 3.05) is 24.3 Å². The monoisotopic (exact) mass is 329 g/mol. The summed E-state index contributed by atoms with van der Waals surface area (Å²) in [6, 6.07) is 5.90. The van der Waals surface area contributed by atoms with E-state index in [9.17, 15) is 4.79 Å². The number of hydrogen-bond acceptors (Lipinski definition) is 2. The Bertz CT molecular complexity index is 656. The van der Waals surface area contributed by atoms with Crippen LogP contribution in [-0.4, -0.2) is 30.1 Å². The fraction of sp³-hybridized carbons (Fsp3) is 0.579. The topological polar surface area (TPSA) is 52.9 Å². The Labute approximate surface area is 139 Å². The normalized spacial score (nSPS) is 21.3. The lowest BCUT2D eigenvalue weighted by Crippen LogP contribution is -2.35. The van der Waals surface area contributed by atoms with Crippen molar-refractivity contribution in [3.8, 4) is 6.07 Å². The molecule has 1 aliphatic heterocycles. The number of nitriles is 1. The summed E-state index contributed by atoms with van der Waals surface area (Å²) < 4.78 is 0. The fourth-order valence-electron chi connectivity index (χ4n) is 4.22. The summed E-state index contributed by atoms with van der Waals surface area (Å²) in [5.74, 6) is 0.242. The van der Waals surface area contributed by atoms with E-state index >= 15 is 0 Å². The maximum Gasteiger partial charge on any atom is 0.268 e. The Hall–Kier alpha value is -1.39. The number of anilines is 1. The van der Waals surface area contributed by atoms with E-state index < -0.39 is 7.26 Å². The Kier molecular flexibility index (Phi) is 4.23. The van der Waals surface area contributed by atoms with Crippen LogP contribution < -0.4 is 5.32 Å². The standard InChI is InChI=1S/C19H25N2OP/c1-14-11-16(13-20)12-15(2)17(14)21-18(22)19(7-8-19)23(3)9-5-4-6-10-23/h11-12H,4-10H2,1-3H3/p+1.